The van der Waals surface area contributed by atoms with Crippen molar-refractivity contribution in [2.45, 2.75) is 0 Å². The average molecular weight is 401 g/mol. The number of halogens is 1. The number of hydrogen-bond acceptors (Lipinski definition) is 5. The van der Waals surface area contributed by atoms with Crippen molar-refractivity contribution in [3.05, 3.63) is 58.6 Å². The first-order chi connectivity index (χ1) is 13.5. The highest BCUT2D eigenvalue weighted by Crippen LogP contribution is 2.36. The summed E-state index contributed by atoms with van der Waals surface area (Å²) in [7, 11) is 5.29. The maximum atomic E-state index is 12.9. The molecule has 1 heterocycles. The summed E-state index contributed by atoms with van der Waals surface area (Å²) in [6.07, 6.45) is 3.25. The first-order valence-corrected chi connectivity index (χ1v) is 9.57. The fraction of sp³-hybridized carbons (Fsp3) is 0.318. The van der Waals surface area contributed by atoms with Crippen LogP contribution < -0.4 is 14.4 Å². The third-order valence-electron chi connectivity index (χ3n) is 4.93. The molecule has 0 N–H and O–H groups in total. The predicted octanol–water partition coefficient (Wildman–Crippen LogP) is 4.01. The number of carbonyl (C=O) groups is 1. The Morgan fingerprint density at radius 3 is 2.36 bits per heavy atom. The number of rotatable bonds is 6. The van der Waals surface area contributed by atoms with E-state index in [9.17, 15) is 4.79 Å². The molecule has 1 fully saturated rings. The van der Waals surface area contributed by atoms with Crippen molar-refractivity contribution >= 4 is 29.1 Å². The molecule has 28 heavy (non-hydrogen) atoms. The van der Waals surface area contributed by atoms with E-state index in [1.807, 2.05) is 24.3 Å². The van der Waals surface area contributed by atoms with E-state index in [2.05, 4.69) is 16.8 Å². The van der Waals surface area contributed by atoms with E-state index < -0.39 is 0 Å². The smallest absolute Gasteiger partial charge is 0.189 e. The van der Waals surface area contributed by atoms with Crippen molar-refractivity contribution in [1.29, 1.82) is 0 Å². The molecular formula is C22H25ClN2O3. The van der Waals surface area contributed by atoms with Crippen molar-refractivity contribution in [3.63, 3.8) is 0 Å². The summed E-state index contributed by atoms with van der Waals surface area (Å²) in [4.78, 5) is 17.4. The molecule has 0 aromatic heterocycles. The van der Waals surface area contributed by atoms with Gasteiger partial charge in [-0.05, 0) is 36.9 Å². The van der Waals surface area contributed by atoms with Crippen molar-refractivity contribution in [2.24, 2.45) is 0 Å². The van der Waals surface area contributed by atoms with E-state index in [4.69, 9.17) is 21.1 Å². The number of benzene rings is 2. The molecule has 0 bridgehead atoms. The van der Waals surface area contributed by atoms with Crippen molar-refractivity contribution in [1.82, 2.24) is 4.90 Å². The molecule has 5 nitrogen and oxygen atoms in total. The van der Waals surface area contributed by atoms with Gasteiger partial charge in [-0.3, -0.25) is 4.79 Å². The number of ketones is 1. The van der Waals surface area contributed by atoms with Gasteiger partial charge in [0.15, 0.2) is 5.78 Å². The molecule has 1 saturated heterocycles. The van der Waals surface area contributed by atoms with Gasteiger partial charge in [-0.1, -0.05) is 29.8 Å². The molecule has 6 heteroatoms. The molecule has 1 aliphatic rings. The Morgan fingerprint density at radius 1 is 1.04 bits per heavy atom. The zero-order valence-electron chi connectivity index (χ0n) is 16.4. The van der Waals surface area contributed by atoms with E-state index >= 15 is 0 Å². The van der Waals surface area contributed by atoms with Crippen LogP contribution >= 0.6 is 11.6 Å². The zero-order chi connectivity index (χ0) is 20.1. The number of ether oxygens (including phenoxy) is 2. The van der Waals surface area contributed by atoms with Crippen molar-refractivity contribution < 1.29 is 14.3 Å². The number of nitrogens with zero attached hydrogens (tertiary/aromatic N) is 2. The largest absolute Gasteiger partial charge is 0.496 e. The predicted molar refractivity (Wildman–Crippen MR) is 114 cm³/mol. The Kier molecular flexibility index (Phi) is 6.60. The Labute approximate surface area is 171 Å². The maximum Gasteiger partial charge on any atom is 0.189 e. The first-order valence-electron chi connectivity index (χ1n) is 9.20. The summed E-state index contributed by atoms with van der Waals surface area (Å²) in [6.45, 7) is 3.68. The van der Waals surface area contributed by atoms with Gasteiger partial charge in [0.25, 0.3) is 0 Å². The van der Waals surface area contributed by atoms with Gasteiger partial charge >= 0.3 is 0 Å². The number of hydrogen-bond donors (Lipinski definition) is 0. The molecule has 0 aliphatic carbocycles. The molecule has 0 atom stereocenters. The molecule has 0 radical (unpaired) electrons. The number of methoxy groups -OCH3 is 2. The fourth-order valence-electron chi connectivity index (χ4n) is 3.23. The summed E-state index contributed by atoms with van der Waals surface area (Å²) < 4.78 is 11.0. The van der Waals surface area contributed by atoms with Crippen LogP contribution in [0.5, 0.6) is 11.5 Å². The van der Waals surface area contributed by atoms with Crippen molar-refractivity contribution in [2.75, 3.05) is 52.3 Å². The summed E-state index contributed by atoms with van der Waals surface area (Å²) in [6, 6.07) is 11.1. The monoisotopic (exact) mass is 400 g/mol. The number of likely N-dealkylation sites (N-methyl/N-ethyl adjacent to an activating group) is 1. The van der Waals surface area contributed by atoms with E-state index in [0.29, 0.717) is 22.1 Å². The second-order valence-corrected chi connectivity index (χ2v) is 7.14. The second kappa shape index (κ2) is 9.13. The van der Waals surface area contributed by atoms with Crippen LogP contribution in [0.4, 0.5) is 5.69 Å². The lowest BCUT2D eigenvalue weighted by Crippen LogP contribution is -2.44. The molecule has 3 rings (SSSR count). The molecule has 0 amide bonds. The Hall–Kier alpha value is -2.50. The number of carbonyl (C=O) groups excluding carboxylic acids is 1. The minimum Gasteiger partial charge on any atom is -0.496 e. The normalized spacial score (nSPS) is 15.1. The van der Waals surface area contributed by atoms with Crippen LogP contribution in [-0.2, 0) is 0 Å². The van der Waals surface area contributed by atoms with Gasteiger partial charge < -0.3 is 19.3 Å². The highest BCUT2D eigenvalue weighted by Gasteiger charge is 2.22. The van der Waals surface area contributed by atoms with Gasteiger partial charge in [-0.15, -0.1) is 0 Å². The van der Waals surface area contributed by atoms with Crippen LogP contribution in [0, 0.1) is 0 Å². The number of piperazine rings is 1. The SMILES string of the molecule is COc1cc(OC)c(N2CCN(C)CC2)cc1C(=O)/C=C/c1ccccc1Cl. The Bertz CT molecular complexity index is 874. The summed E-state index contributed by atoms with van der Waals surface area (Å²) >= 11 is 6.18. The first kappa shape index (κ1) is 20.2. The summed E-state index contributed by atoms with van der Waals surface area (Å²) in [5.41, 5.74) is 2.20. The Balaban J connectivity index is 1.93. The summed E-state index contributed by atoms with van der Waals surface area (Å²) in [5, 5.41) is 0.603. The van der Waals surface area contributed by atoms with Crippen LogP contribution in [0.3, 0.4) is 0 Å². The third kappa shape index (κ3) is 4.49. The van der Waals surface area contributed by atoms with Crippen molar-refractivity contribution in [3.8, 4) is 11.5 Å². The van der Waals surface area contributed by atoms with Gasteiger partial charge in [0.05, 0.1) is 25.5 Å². The van der Waals surface area contributed by atoms with Crippen LogP contribution in [0.2, 0.25) is 5.02 Å². The molecular weight excluding hydrogens is 376 g/mol. The second-order valence-electron chi connectivity index (χ2n) is 6.73. The summed E-state index contributed by atoms with van der Waals surface area (Å²) in [5.74, 6) is 1.05. The molecule has 2 aromatic rings. The molecule has 148 valence electrons. The molecule has 0 saturated carbocycles. The lowest BCUT2D eigenvalue weighted by Gasteiger charge is -2.35. The highest BCUT2D eigenvalue weighted by atomic mass is 35.5. The Morgan fingerprint density at radius 2 is 1.71 bits per heavy atom. The number of anilines is 1. The minimum absolute atomic E-state index is 0.144. The third-order valence-corrected chi connectivity index (χ3v) is 5.27. The average Bonchev–Trinajstić information content (AvgIpc) is 2.72. The number of allylic oxidation sites excluding steroid dienone is 1. The van der Waals surface area contributed by atoms with E-state index in [-0.39, 0.29) is 5.78 Å². The van der Waals surface area contributed by atoms with E-state index in [0.717, 1.165) is 37.4 Å². The van der Waals surface area contributed by atoms with Gasteiger partial charge in [0, 0.05) is 37.3 Å². The van der Waals surface area contributed by atoms with Crippen LogP contribution in [0.1, 0.15) is 15.9 Å². The van der Waals surface area contributed by atoms with Gasteiger partial charge in [-0.2, -0.15) is 0 Å². The lowest BCUT2D eigenvalue weighted by atomic mass is 10.0. The molecule has 2 aromatic carbocycles. The topological polar surface area (TPSA) is 42.0 Å². The zero-order valence-corrected chi connectivity index (χ0v) is 17.2. The fourth-order valence-corrected chi connectivity index (χ4v) is 3.43. The standard InChI is InChI=1S/C22H25ClN2O3/c1-24-10-12-25(13-11-24)19-14-17(21(27-2)15-22(19)28-3)20(26)9-8-16-6-4-5-7-18(16)23/h4-9,14-15H,10-13H2,1-3H3/b9-8+. The van der Waals surface area contributed by atoms with E-state index in [1.165, 1.54) is 6.08 Å². The molecule has 1 aliphatic heterocycles. The molecule has 0 spiro atoms. The lowest BCUT2D eigenvalue weighted by molar-refractivity contribution is 0.104. The van der Waals surface area contributed by atoms with E-state index in [1.54, 1.807) is 32.4 Å². The highest BCUT2D eigenvalue weighted by molar-refractivity contribution is 6.32. The van der Waals surface area contributed by atoms with Gasteiger partial charge in [0.1, 0.15) is 11.5 Å². The van der Waals surface area contributed by atoms with Gasteiger partial charge in [0.2, 0.25) is 0 Å². The van der Waals surface area contributed by atoms with Crippen LogP contribution in [0.25, 0.3) is 6.08 Å². The molecule has 0 unspecified atom stereocenters. The quantitative estimate of drug-likeness (QED) is 0.541. The van der Waals surface area contributed by atoms with Gasteiger partial charge in [-0.25, -0.2) is 0 Å². The van der Waals surface area contributed by atoms with Crippen LogP contribution in [0.15, 0.2) is 42.5 Å². The van der Waals surface area contributed by atoms with Crippen LogP contribution in [-0.4, -0.2) is 58.1 Å². The maximum absolute atomic E-state index is 12.9. The minimum atomic E-state index is -0.144.